The third kappa shape index (κ3) is 1.93. The molecule has 2 aromatic rings. The monoisotopic (exact) mass is 217 g/mol. The SMILES string of the molecule is CCc1cnn(-c2ccc(C(=O)O)cn2)c1. The summed E-state index contributed by atoms with van der Waals surface area (Å²) < 4.78 is 1.63. The molecule has 82 valence electrons. The molecular formula is C11H11N3O2. The predicted octanol–water partition coefficient (Wildman–Crippen LogP) is 1.53. The maximum atomic E-state index is 10.6. The molecule has 0 aliphatic heterocycles. The molecule has 0 spiro atoms. The minimum absolute atomic E-state index is 0.173. The third-order valence-electron chi connectivity index (χ3n) is 2.27. The van der Waals surface area contributed by atoms with Gasteiger partial charge in [-0.2, -0.15) is 5.10 Å². The van der Waals surface area contributed by atoms with Crippen molar-refractivity contribution in [3.05, 3.63) is 41.9 Å². The number of aryl methyl sites for hydroxylation is 1. The van der Waals surface area contributed by atoms with Crippen molar-refractivity contribution in [2.24, 2.45) is 0 Å². The summed E-state index contributed by atoms with van der Waals surface area (Å²) in [6, 6.07) is 3.15. The highest BCUT2D eigenvalue weighted by atomic mass is 16.4. The molecule has 0 atom stereocenters. The second-order valence-electron chi connectivity index (χ2n) is 3.36. The quantitative estimate of drug-likeness (QED) is 0.846. The lowest BCUT2D eigenvalue weighted by atomic mass is 10.3. The maximum absolute atomic E-state index is 10.6. The van der Waals surface area contributed by atoms with Crippen LogP contribution < -0.4 is 0 Å². The van der Waals surface area contributed by atoms with E-state index in [0.29, 0.717) is 5.82 Å². The van der Waals surface area contributed by atoms with Crippen LogP contribution in [-0.4, -0.2) is 25.8 Å². The van der Waals surface area contributed by atoms with Gasteiger partial charge < -0.3 is 5.11 Å². The van der Waals surface area contributed by atoms with Gasteiger partial charge in [0.2, 0.25) is 0 Å². The van der Waals surface area contributed by atoms with Gasteiger partial charge in [0.05, 0.1) is 11.8 Å². The molecular weight excluding hydrogens is 206 g/mol. The Morgan fingerprint density at radius 3 is 2.75 bits per heavy atom. The van der Waals surface area contributed by atoms with E-state index in [1.54, 1.807) is 16.9 Å². The maximum Gasteiger partial charge on any atom is 0.337 e. The summed E-state index contributed by atoms with van der Waals surface area (Å²) in [5, 5.41) is 12.9. The van der Waals surface area contributed by atoms with Crippen LogP contribution in [-0.2, 0) is 6.42 Å². The number of aromatic nitrogens is 3. The van der Waals surface area contributed by atoms with E-state index in [-0.39, 0.29) is 5.56 Å². The smallest absolute Gasteiger partial charge is 0.337 e. The van der Waals surface area contributed by atoms with E-state index in [1.165, 1.54) is 12.3 Å². The van der Waals surface area contributed by atoms with Gasteiger partial charge >= 0.3 is 5.97 Å². The van der Waals surface area contributed by atoms with Gasteiger partial charge in [-0.1, -0.05) is 6.92 Å². The fourth-order valence-corrected chi connectivity index (χ4v) is 1.32. The van der Waals surface area contributed by atoms with Crippen molar-refractivity contribution < 1.29 is 9.90 Å². The Labute approximate surface area is 92.4 Å². The van der Waals surface area contributed by atoms with Gasteiger partial charge in [0.1, 0.15) is 0 Å². The minimum atomic E-state index is -0.978. The molecule has 2 rings (SSSR count). The van der Waals surface area contributed by atoms with E-state index in [0.717, 1.165) is 12.0 Å². The molecule has 0 saturated carbocycles. The molecule has 0 unspecified atom stereocenters. The number of aromatic carboxylic acids is 1. The van der Waals surface area contributed by atoms with Crippen molar-refractivity contribution in [1.29, 1.82) is 0 Å². The second kappa shape index (κ2) is 4.14. The Hall–Kier alpha value is -2.17. The van der Waals surface area contributed by atoms with Crippen LogP contribution in [0.3, 0.4) is 0 Å². The topological polar surface area (TPSA) is 68.0 Å². The molecule has 0 amide bonds. The summed E-state index contributed by atoms with van der Waals surface area (Å²) in [7, 11) is 0. The standard InChI is InChI=1S/C11H11N3O2/c1-2-8-5-13-14(7-8)10-4-3-9(6-12-10)11(15)16/h3-7H,2H2,1H3,(H,15,16). The summed E-state index contributed by atoms with van der Waals surface area (Å²) in [4.78, 5) is 14.7. The number of rotatable bonds is 3. The number of carbonyl (C=O) groups is 1. The second-order valence-corrected chi connectivity index (χ2v) is 3.36. The minimum Gasteiger partial charge on any atom is -0.478 e. The molecule has 5 nitrogen and oxygen atoms in total. The summed E-state index contributed by atoms with van der Waals surface area (Å²) in [6.45, 7) is 2.04. The highest BCUT2D eigenvalue weighted by molar-refractivity contribution is 5.87. The van der Waals surface area contributed by atoms with E-state index in [2.05, 4.69) is 10.1 Å². The summed E-state index contributed by atoms with van der Waals surface area (Å²) in [5.41, 5.74) is 1.29. The molecule has 16 heavy (non-hydrogen) atoms. The third-order valence-corrected chi connectivity index (χ3v) is 2.27. The Balaban J connectivity index is 2.30. The van der Waals surface area contributed by atoms with Gasteiger partial charge in [-0.3, -0.25) is 0 Å². The molecule has 0 aliphatic rings. The fourth-order valence-electron chi connectivity index (χ4n) is 1.32. The predicted molar refractivity (Wildman–Crippen MR) is 57.7 cm³/mol. The zero-order chi connectivity index (χ0) is 11.5. The summed E-state index contributed by atoms with van der Waals surface area (Å²) in [5.74, 6) is -0.363. The average Bonchev–Trinajstić information content (AvgIpc) is 2.77. The zero-order valence-corrected chi connectivity index (χ0v) is 8.79. The largest absolute Gasteiger partial charge is 0.478 e. The Bertz CT molecular complexity index is 502. The molecule has 0 saturated heterocycles. The van der Waals surface area contributed by atoms with Crippen LogP contribution in [0.2, 0.25) is 0 Å². The van der Waals surface area contributed by atoms with Gasteiger partial charge in [0.15, 0.2) is 5.82 Å². The Kier molecular flexibility index (Phi) is 2.68. The number of carboxylic acid groups (broad SMARTS) is 1. The van der Waals surface area contributed by atoms with Crippen LogP contribution in [0, 0.1) is 0 Å². The zero-order valence-electron chi connectivity index (χ0n) is 8.79. The van der Waals surface area contributed by atoms with Gasteiger partial charge in [-0.15, -0.1) is 0 Å². The normalized spacial score (nSPS) is 10.3. The molecule has 2 aromatic heterocycles. The van der Waals surface area contributed by atoms with Crippen LogP contribution >= 0.6 is 0 Å². The highest BCUT2D eigenvalue weighted by Crippen LogP contribution is 2.07. The van der Waals surface area contributed by atoms with Crippen LogP contribution in [0.1, 0.15) is 22.8 Å². The van der Waals surface area contributed by atoms with Crippen molar-refractivity contribution in [3.63, 3.8) is 0 Å². The number of hydrogen-bond donors (Lipinski definition) is 1. The number of nitrogens with zero attached hydrogens (tertiary/aromatic N) is 3. The van der Waals surface area contributed by atoms with Gasteiger partial charge in [-0.25, -0.2) is 14.5 Å². The van der Waals surface area contributed by atoms with Crippen LogP contribution in [0.25, 0.3) is 5.82 Å². The first-order valence-corrected chi connectivity index (χ1v) is 4.94. The number of hydrogen-bond acceptors (Lipinski definition) is 3. The first-order valence-electron chi connectivity index (χ1n) is 4.94. The molecule has 0 aliphatic carbocycles. The lowest BCUT2D eigenvalue weighted by Gasteiger charge is -1.99. The average molecular weight is 217 g/mol. The molecule has 1 N–H and O–H groups in total. The Morgan fingerprint density at radius 2 is 2.25 bits per heavy atom. The lowest BCUT2D eigenvalue weighted by molar-refractivity contribution is 0.0696. The molecule has 0 fully saturated rings. The van der Waals surface area contributed by atoms with E-state index < -0.39 is 5.97 Å². The van der Waals surface area contributed by atoms with Crippen molar-refractivity contribution >= 4 is 5.97 Å². The van der Waals surface area contributed by atoms with Crippen LogP contribution in [0.4, 0.5) is 0 Å². The summed E-state index contributed by atoms with van der Waals surface area (Å²) >= 11 is 0. The number of pyridine rings is 1. The number of carboxylic acids is 1. The van der Waals surface area contributed by atoms with Gasteiger partial charge in [0.25, 0.3) is 0 Å². The molecule has 0 bridgehead atoms. The lowest BCUT2D eigenvalue weighted by Crippen LogP contribution is -2.01. The van der Waals surface area contributed by atoms with Gasteiger partial charge in [-0.05, 0) is 24.1 Å². The van der Waals surface area contributed by atoms with Crippen molar-refractivity contribution in [1.82, 2.24) is 14.8 Å². The Morgan fingerprint density at radius 1 is 1.44 bits per heavy atom. The molecule has 5 heteroatoms. The molecule has 0 radical (unpaired) electrons. The van der Waals surface area contributed by atoms with Crippen LogP contribution in [0.15, 0.2) is 30.7 Å². The van der Waals surface area contributed by atoms with E-state index in [4.69, 9.17) is 5.11 Å². The molecule has 0 aromatic carbocycles. The van der Waals surface area contributed by atoms with E-state index in [9.17, 15) is 4.79 Å². The fraction of sp³-hybridized carbons (Fsp3) is 0.182. The van der Waals surface area contributed by atoms with Gasteiger partial charge in [0, 0.05) is 12.4 Å². The first-order chi connectivity index (χ1) is 7.70. The summed E-state index contributed by atoms with van der Waals surface area (Å²) in [6.07, 6.45) is 5.88. The highest BCUT2D eigenvalue weighted by Gasteiger charge is 2.04. The van der Waals surface area contributed by atoms with Crippen molar-refractivity contribution in [3.8, 4) is 5.82 Å². The van der Waals surface area contributed by atoms with E-state index >= 15 is 0 Å². The van der Waals surface area contributed by atoms with Crippen molar-refractivity contribution in [2.75, 3.05) is 0 Å². The van der Waals surface area contributed by atoms with Crippen molar-refractivity contribution in [2.45, 2.75) is 13.3 Å². The molecule has 2 heterocycles. The van der Waals surface area contributed by atoms with E-state index in [1.807, 2.05) is 13.1 Å². The van der Waals surface area contributed by atoms with Crippen LogP contribution in [0.5, 0.6) is 0 Å². The first kappa shape index (κ1) is 10.4.